The average molecular weight is 444 g/mol. The van der Waals surface area contributed by atoms with Gasteiger partial charge in [-0.05, 0) is 42.5 Å². The van der Waals surface area contributed by atoms with E-state index in [1.807, 2.05) is 42.5 Å². The zero-order chi connectivity index (χ0) is 17.1. The summed E-state index contributed by atoms with van der Waals surface area (Å²) < 4.78 is 2.11. The number of carbonyl (C=O) groups is 1. The van der Waals surface area contributed by atoms with E-state index in [1.54, 1.807) is 0 Å². The van der Waals surface area contributed by atoms with Gasteiger partial charge in [-0.15, -0.1) is 0 Å². The van der Waals surface area contributed by atoms with Crippen LogP contribution in [0.3, 0.4) is 0 Å². The van der Waals surface area contributed by atoms with Crippen LogP contribution in [0.15, 0.2) is 57.5 Å². The van der Waals surface area contributed by atoms with Gasteiger partial charge in [0.15, 0.2) is 0 Å². The fraction of sp³-hybridized carbons (Fsp3) is 0.278. The molecule has 0 saturated carbocycles. The van der Waals surface area contributed by atoms with Gasteiger partial charge in [0, 0.05) is 22.0 Å². The van der Waals surface area contributed by atoms with Crippen molar-refractivity contribution in [2.45, 2.75) is 25.7 Å². The molecular formula is C18H20Br2O3. The third-order valence-corrected chi connectivity index (χ3v) is 4.68. The second-order valence-electron chi connectivity index (χ2n) is 4.90. The van der Waals surface area contributed by atoms with Crippen LogP contribution in [0, 0.1) is 0 Å². The predicted molar refractivity (Wildman–Crippen MR) is 99.6 cm³/mol. The fourth-order valence-electron chi connectivity index (χ4n) is 1.91. The number of halogens is 2. The van der Waals surface area contributed by atoms with E-state index in [2.05, 4.69) is 37.9 Å². The van der Waals surface area contributed by atoms with Gasteiger partial charge in [-0.1, -0.05) is 68.3 Å². The van der Waals surface area contributed by atoms with Crippen LogP contribution in [0.1, 0.15) is 24.0 Å². The summed E-state index contributed by atoms with van der Waals surface area (Å²) in [4.78, 5) is 10.3. The molecule has 0 aliphatic rings. The Morgan fingerprint density at radius 3 is 1.78 bits per heavy atom. The first-order chi connectivity index (χ1) is 11.0. The number of rotatable bonds is 6. The topological polar surface area (TPSA) is 57.5 Å². The van der Waals surface area contributed by atoms with Crippen molar-refractivity contribution >= 4 is 37.8 Å². The lowest BCUT2D eigenvalue weighted by Crippen LogP contribution is -1.97. The zero-order valence-electron chi connectivity index (χ0n) is 12.7. The Labute approximate surface area is 153 Å². The summed E-state index contributed by atoms with van der Waals surface area (Å²) in [5, 5.41) is 17.1. The van der Waals surface area contributed by atoms with Gasteiger partial charge in [0.2, 0.25) is 0 Å². The maximum absolute atomic E-state index is 10.3. The lowest BCUT2D eigenvalue weighted by atomic mass is 10.1. The summed E-state index contributed by atoms with van der Waals surface area (Å²) >= 11 is 6.80. The third-order valence-electron chi connectivity index (χ3n) is 3.13. The van der Waals surface area contributed by atoms with Gasteiger partial charge in [0.25, 0.3) is 0 Å². The number of aliphatic hydroxyl groups is 1. The normalized spacial score (nSPS) is 9.87. The maximum atomic E-state index is 10.3. The number of carboxylic acids is 1. The fourth-order valence-corrected chi connectivity index (χ4v) is 2.88. The van der Waals surface area contributed by atoms with Crippen LogP contribution in [-0.2, 0) is 17.6 Å². The first kappa shape index (κ1) is 19.9. The van der Waals surface area contributed by atoms with Crippen molar-refractivity contribution in [2.75, 3.05) is 6.61 Å². The molecule has 0 atom stereocenters. The number of aliphatic carboxylic acids is 1. The van der Waals surface area contributed by atoms with Gasteiger partial charge in [0.05, 0.1) is 0 Å². The van der Waals surface area contributed by atoms with Crippen LogP contribution in [0.4, 0.5) is 0 Å². The molecule has 0 radical (unpaired) electrons. The van der Waals surface area contributed by atoms with Gasteiger partial charge in [0.1, 0.15) is 0 Å². The first-order valence-electron chi connectivity index (χ1n) is 7.34. The van der Waals surface area contributed by atoms with E-state index >= 15 is 0 Å². The van der Waals surface area contributed by atoms with E-state index in [9.17, 15) is 4.79 Å². The van der Waals surface area contributed by atoms with Gasteiger partial charge in [-0.2, -0.15) is 0 Å². The highest BCUT2D eigenvalue weighted by molar-refractivity contribution is 9.10. The molecule has 0 aliphatic carbocycles. The Balaban J connectivity index is 0.000000231. The van der Waals surface area contributed by atoms with Crippen LogP contribution in [0.5, 0.6) is 0 Å². The summed E-state index contributed by atoms with van der Waals surface area (Å²) in [6.45, 7) is 0.265. The number of aliphatic hydroxyl groups excluding tert-OH is 1. The molecule has 0 spiro atoms. The SMILES string of the molecule is O=C(O)CCc1ccccc1Br.OCCCc1ccccc1Br. The number of carboxylic acid groups (broad SMARTS) is 1. The standard InChI is InChI=1S/C9H9BrO2.C9H11BrO/c10-8-4-2-1-3-7(8)5-6-9(11)12;10-9-6-2-1-4-8(9)5-3-7-11/h1-4H,5-6H2,(H,11,12);1-2,4,6,11H,3,5,7H2. The van der Waals surface area contributed by atoms with Crippen LogP contribution in [0.25, 0.3) is 0 Å². The van der Waals surface area contributed by atoms with E-state index in [0.717, 1.165) is 27.4 Å². The molecule has 5 heteroatoms. The lowest BCUT2D eigenvalue weighted by Gasteiger charge is -2.00. The molecule has 0 saturated heterocycles. The Morgan fingerprint density at radius 1 is 0.870 bits per heavy atom. The molecule has 2 aromatic rings. The van der Waals surface area contributed by atoms with E-state index < -0.39 is 5.97 Å². The van der Waals surface area contributed by atoms with Gasteiger partial charge in [-0.25, -0.2) is 0 Å². The van der Waals surface area contributed by atoms with Gasteiger partial charge >= 0.3 is 5.97 Å². The first-order valence-corrected chi connectivity index (χ1v) is 8.92. The van der Waals surface area contributed by atoms with Crippen molar-refractivity contribution < 1.29 is 15.0 Å². The van der Waals surface area contributed by atoms with E-state index in [-0.39, 0.29) is 13.0 Å². The summed E-state index contributed by atoms with van der Waals surface area (Å²) in [5.41, 5.74) is 2.31. The third kappa shape index (κ3) is 8.30. The smallest absolute Gasteiger partial charge is 0.303 e. The lowest BCUT2D eigenvalue weighted by molar-refractivity contribution is -0.136. The molecule has 0 aromatic heterocycles. The second-order valence-corrected chi connectivity index (χ2v) is 6.61. The number of hydrogen-bond acceptors (Lipinski definition) is 2. The highest BCUT2D eigenvalue weighted by atomic mass is 79.9. The molecule has 0 unspecified atom stereocenters. The molecule has 2 N–H and O–H groups in total. The number of benzene rings is 2. The van der Waals surface area contributed by atoms with Gasteiger partial charge < -0.3 is 10.2 Å². The van der Waals surface area contributed by atoms with Crippen LogP contribution in [-0.4, -0.2) is 22.8 Å². The van der Waals surface area contributed by atoms with Crippen molar-refractivity contribution in [3.63, 3.8) is 0 Å². The monoisotopic (exact) mass is 442 g/mol. The summed E-state index contributed by atoms with van der Waals surface area (Å²) in [5.74, 6) is -0.759. The maximum Gasteiger partial charge on any atom is 0.303 e. The molecule has 3 nitrogen and oxygen atoms in total. The molecule has 0 fully saturated rings. The minimum Gasteiger partial charge on any atom is -0.481 e. The zero-order valence-corrected chi connectivity index (χ0v) is 15.9. The summed E-state index contributed by atoms with van der Waals surface area (Å²) in [7, 11) is 0. The second kappa shape index (κ2) is 11.4. The Kier molecular flexibility index (Phi) is 9.83. The minimum absolute atomic E-state index is 0.183. The summed E-state index contributed by atoms with van der Waals surface area (Å²) in [6, 6.07) is 15.7. The van der Waals surface area contributed by atoms with Crippen molar-refractivity contribution in [3.05, 3.63) is 68.6 Å². The quantitative estimate of drug-likeness (QED) is 0.671. The molecule has 0 amide bonds. The van der Waals surface area contributed by atoms with E-state index in [4.69, 9.17) is 10.2 Å². The molecule has 0 aliphatic heterocycles. The van der Waals surface area contributed by atoms with Crippen LogP contribution >= 0.6 is 31.9 Å². The Hall–Kier alpha value is -1.17. The molecule has 23 heavy (non-hydrogen) atoms. The Bertz CT molecular complexity index is 615. The molecule has 0 bridgehead atoms. The highest BCUT2D eigenvalue weighted by Gasteiger charge is 2.01. The molecule has 124 valence electrons. The molecule has 2 rings (SSSR count). The van der Waals surface area contributed by atoms with Crippen molar-refractivity contribution in [3.8, 4) is 0 Å². The molecule has 0 heterocycles. The Morgan fingerprint density at radius 2 is 1.35 bits per heavy atom. The van der Waals surface area contributed by atoms with E-state index in [1.165, 1.54) is 5.56 Å². The highest BCUT2D eigenvalue weighted by Crippen LogP contribution is 2.17. The van der Waals surface area contributed by atoms with Crippen LogP contribution < -0.4 is 0 Å². The number of hydrogen-bond donors (Lipinski definition) is 2. The van der Waals surface area contributed by atoms with Crippen molar-refractivity contribution in [2.24, 2.45) is 0 Å². The minimum atomic E-state index is -0.759. The van der Waals surface area contributed by atoms with Crippen molar-refractivity contribution in [1.29, 1.82) is 0 Å². The summed E-state index contributed by atoms with van der Waals surface area (Å²) in [6.07, 6.45) is 2.54. The van der Waals surface area contributed by atoms with Crippen LogP contribution in [0.2, 0.25) is 0 Å². The van der Waals surface area contributed by atoms with Gasteiger partial charge in [-0.3, -0.25) is 4.79 Å². The van der Waals surface area contributed by atoms with Crippen molar-refractivity contribution in [1.82, 2.24) is 0 Å². The van der Waals surface area contributed by atoms with E-state index in [0.29, 0.717) is 6.42 Å². The molecule has 2 aromatic carbocycles. The number of aryl methyl sites for hydroxylation is 2. The predicted octanol–water partition coefficient (Wildman–Crippen LogP) is 4.84. The molecular weight excluding hydrogens is 424 g/mol. The largest absolute Gasteiger partial charge is 0.481 e. The average Bonchev–Trinajstić information content (AvgIpc) is 2.54.